The zero-order chi connectivity index (χ0) is 30.0. The summed E-state index contributed by atoms with van der Waals surface area (Å²) in [5.41, 5.74) is -0.813. The lowest BCUT2D eigenvalue weighted by atomic mass is 9.99. The molecule has 15 nitrogen and oxygen atoms in total. The monoisotopic (exact) mass is 576 g/mol. The average Bonchev–Trinajstić information content (AvgIpc) is 2.93. The molecule has 1 saturated heterocycles. The van der Waals surface area contributed by atoms with Crippen molar-refractivity contribution >= 4 is 11.9 Å². The van der Waals surface area contributed by atoms with E-state index in [2.05, 4.69) is 0 Å². The third-order valence-electron chi connectivity index (χ3n) is 5.97. The number of benzene rings is 3. The fourth-order valence-corrected chi connectivity index (χ4v) is 3.80. The molecule has 0 radical (unpaired) electrons. The van der Waals surface area contributed by atoms with Crippen molar-refractivity contribution in [3.05, 3.63) is 59.7 Å². The molecule has 1 fully saturated rings. The van der Waals surface area contributed by atoms with Gasteiger partial charge in [0.2, 0.25) is 6.29 Å². The van der Waals surface area contributed by atoms with Crippen molar-refractivity contribution in [1.82, 2.24) is 0 Å². The minimum Gasteiger partial charge on any atom is -0.508 e. The number of aliphatic hydroxyl groups excluding tert-OH is 2. The number of rotatable bonds is 7. The lowest BCUT2D eigenvalue weighted by Gasteiger charge is -2.41. The Balaban J connectivity index is 1.54. The highest BCUT2D eigenvalue weighted by Gasteiger charge is 2.48. The maximum atomic E-state index is 12.8. The van der Waals surface area contributed by atoms with Crippen LogP contribution in [0.4, 0.5) is 0 Å². The van der Waals surface area contributed by atoms with E-state index in [1.165, 1.54) is 24.3 Å². The van der Waals surface area contributed by atoms with Gasteiger partial charge in [-0.1, -0.05) is 0 Å². The van der Waals surface area contributed by atoms with Crippen molar-refractivity contribution in [3.8, 4) is 46.0 Å². The van der Waals surface area contributed by atoms with Gasteiger partial charge in [0.1, 0.15) is 36.4 Å². The molecule has 1 heterocycles. The van der Waals surface area contributed by atoms with E-state index in [-0.39, 0.29) is 17.1 Å². The zero-order valence-corrected chi connectivity index (χ0v) is 20.7. The first-order valence-corrected chi connectivity index (χ1v) is 11.7. The third kappa shape index (κ3) is 6.22. The first-order chi connectivity index (χ1) is 19.3. The van der Waals surface area contributed by atoms with E-state index in [1.807, 2.05) is 0 Å². The standard InChI is InChI=1S/C26H24O15/c27-12-1-3-13(4-2-12)39-26-23(41-25(37)11-7-16(30)20(33)17(31)8-11)22(35)21(34)18(40-26)9-38-24(36)10-5-14(28)19(32)15(29)6-10/h1-8,18,21-23,26-35H,9H2/t18-,21-,22+,23-,26-/m1/s1. The molecular formula is C26H24O15. The molecule has 9 N–H and O–H groups in total. The van der Waals surface area contributed by atoms with Gasteiger partial charge in [-0.2, -0.15) is 0 Å². The Morgan fingerprint density at radius 3 is 1.71 bits per heavy atom. The van der Waals surface area contributed by atoms with Crippen LogP contribution in [0.3, 0.4) is 0 Å². The van der Waals surface area contributed by atoms with Gasteiger partial charge in [0.05, 0.1) is 11.1 Å². The minimum absolute atomic E-state index is 0.0585. The van der Waals surface area contributed by atoms with E-state index in [1.54, 1.807) is 0 Å². The van der Waals surface area contributed by atoms with Crippen LogP contribution in [0, 0.1) is 0 Å². The van der Waals surface area contributed by atoms with Crippen molar-refractivity contribution in [1.29, 1.82) is 0 Å². The van der Waals surface area contributed by atoms with E-state index >= 15 is 0 Å². The maximum absolute atomic E-state index is 12.8. The topological polar surface area (TPSA) is 253 Å². The van der Waals surface area contributed by atoms with Gasteiger partial charge in [0, 0.05) is 0 Å². The second-order valence-corrected chi connectivity index (χ2v) is 8.83. The van der Waals surface area contributed by atoms with Crippen molar-refractivity contribution in [2.24, 2.45) is 0 Å². The number of hydrogen-bond acceptors (Lipinski definition) is 15. The maximum Gasteiger partial charge on any atom is 0.339 e. The minimum atomic E-state index is -1.92. The zero-order valence-electron chi connectivity index (χ0n) is 20.7. The highest BCUT2D eigenvalue weighted by atomic mass is 16.7. The number of aliphatic hydroxyl groups is 2. The molecule has 218 valence electrons. The molecule has 3 aromatic rings. The normalized spacial score (nSPS) is 22.0. The van der Waals surface area contributed by atoms with E-state index in [0.29, 0.717) is 0 Å². The van der Waals surface area contributed by atoms with Crippen molar-refractivity contribution in [2.45, 2.75) is 30.7 Å². The van der Waals surface area contributed by atoms with Crippen LogP contribution >= 0.6 is 0 Å². The molecular weight excluding hydrogens is 552 g/mol. The smallest absolute Gasteiger partial charge is 0.339 e. The van der Waals surface area contributed by atoms with Gasteiger partial charge in [-0.3, -0.25) is 0 Å². The van der Waals surface area contributed by atoms with Crippen LogP contribution in [0.25, 0.3) is 0 Å². The van der Waals surface area contributed by atoms with Crippen LogP contribution in [0.5, 0.6) is 46.0 Å². The molecule has 0 aromatic heterocycles. The first-order valence-electron chi connectivity index (χ1n) is 11.7. The highest BCUT2D eigenvalue weighted by molar-refractivity contribution is 5.91. The number of ether oxygens (including phenoxy) is 4. The summed E-state index contributed by atoms with van der Waals surface area (Å²) in [6, 6.07) is 8.32. The summed E-state index contributed by atoms with van der Waals surface area (Å²) in [4.78, 5) is 25.2. The second kappa shape index (κ2) is 11.5. The summed E-state index contributed by atoms with van der Waals surface area (Å²) in [5, 5.41) is 88.6. The van der Waals surface area contributed by atoms with Gasteiger partial charge in [0.15, 0.2) is 40.6 Å². The van der Waals surface area contributed by atoms with Gasteiger partial charge in [0.25, 0.3) is 0 Å². The molecule has 0 bridgehead atoms. The number of hydrogen-bond donors (Lipinski definition) is 9. The SMILES string of the molecule is O=C(OC[C@H]1O[C@@H](Oc2ccc(O)cc2)[C@H](OC(=O)c2cc(O)c(O)c(O)c2)[C@@H](O)[C@@H]1O)c1cc(O)c(O)c(O)c1. The Morgan fingerprint density at radius 1 is 0.707 bits per heavy atom. The number of aromatic hydroxyl groups is 7. The summed E-state index contributed by atoms with van der Waals surface area (Å²) in [7, 11) is 0. The van der Waals surface area contributed by atoms with E-state index in [0.717, 1.165) is 24.3 Å². The molecule has 4 rings (SSSR count). The summed E-state index contributed by atoms with van der Waals surface area (Å²) >= 11 is 0. The van der Waals surface area contributed by atoms with E-state index in [4.69, 9.17) is 18.9 Å². The Morgan fingerprint density at radius 2 is 1.20 bits per heavy atom. The lowest BCUT2D eigenvalue weighted by molar-refractivity contribution is -0.276. The van der Waals surface area contributed by atoms with Crippen molar-refractivity contribution in [2.75, 3.05) is 6.61 Å². The fraction of sp³-hybridized carbons (Fsp3) is 0.231. The number of carbonyl (C=O) groups is 2. The molecule has 5 atom stereocenters. The molecule has 0 saturated carbocycles. The summed E-state index contributed by atoms with van der Waals surface area (Å²) in [6.45, 7) is -0.713. The predicted octanol–water partition coefficient (Wildman–Crippen LogP) is 0.534. The van der Waals surface area contributed by atoms with Crippen LogP contribution in [0.2, 0.25) is 0 Å². The number of carbonyl (C=O) groups excluding carboxylic acids is 2. The Labute approximate surface area is 229 Å². The summed E-state index contributed by atoms with van der Waals surface area (Å²) in [5.74, 6) is -7.43. The average molecular weight is 576 g/mol. The molecule has 15 heteroatoms. The van der Waals surface area contributed by atoms with Crippen LogP contribution in [0.1, 0.15) is 20.7 Å². The van der Waals surface area contributed by atoms with Gasteiger partial charge in [-0.15, -0.1) is 0 Å². The van der Waals surface area contributed by atoms with Gasteiger partial charge < -0.3 is 64.9 Å². The van der Waals surface area contributed by atoms with Gasteiger partial charge >= 0.3 is 11.9 Å². The second-order valence-electron chi connectivity index (χ2n) is 8.83. The van der Waals surface area contributed by atoms with Gasteiger partial charge in [-0.05, 0) is 48.5 Å². The molecule has 1 aliphatic rings. The first kappa shape index (κ1) is 28.9. The molecule has 0 spiro atoms. The van der Waals surface area contributed by atoms with Crippen LogP contribution in [-0.4, -0.2) is 95.2 Å². The molecule has 3 aromatic carbocycles. The van der Waals surface area contributed by atoms with Crippen LogP contribution < -0.4 is 4.74 Å². The molecule has 0 amide bonds. The van der Waals surface area contributed by atoms with E-state index in [9.17, 15) is 55.5 Å². The highest BCUT2D eigenvalue weighted by Crippen LogP contribution is 2.37. The van der Waals surface area contributed by atoms with E-state index < -0.39 is 89.3 Å². The fourth-order valence-electron chi connectivity index (χ4n) is 3.80. The largest absolute Gasteiger partial charge is 0.508 e. The summed E-state index contributed by atoms with van der Waals surface area (Å²) < 4.78 is 21.6. The van der Waals surface area contributed by atoms with Crippen molar-refractivity contribution < 1.29 is 74.5 Å². The quantitative estimate of drug-likeness (QED) is 0.137. The van der Waals surface area contributed by atoms with Gasteiger partial charge in [-0.25, -0.2) is 9.59 Å². The number of phenols is 7. The molecule has 0 unspecified atom stereocenters. The van der Waals surface area contributed by atoms with Crippen LogP contribution in [-0.2, 0) is 14.2 Å². The summed E-state index contributed by atoms with van der Waals surface area (Å²) in [6.07, 6.45) is -8.65. The molecule has 1 aliphatic heterocycles. The number of esters is 2. The van der Waals surface area contributed by atoms with Crippen molar-refractivity contribution in [3.63, 3.8) is 0 Å². The van der Waals surface area contributed by atoms with Crippen LogP contribution in [0.15, 0.2) is 48.5 Å². The lowest BCUT2D eigenvalue weighted by Crippen LogP contribution is -2.61. The third-order valence-corrected chi connectivity index (χ3v) is 5.97. The number of phenolic OH excluding ortho intramolecular Hbond substituents is 7. The Kier molecular flexibility index (Phi) is 8.13. The molecule has 0 aliphatic carbocycles. The predicted molar refractivity (Wildman–Crippen MR) is 132 cm³/mol. The Hall–Kier alpha value is -5.12. The molecule has 41 heavy (non-hydrogen) atoms. The Bertz CT molecular complexity index is 1390.